The van der Waals surface area contributed by atoms with Gasteiger partial charge in [0.15, 0.2) is 10.9 Å². The molecule has 1 aliphatic rings. The van der Waals surface area contributed by atoms with Crippen LogP contribution >= 0.6 is 22.9 Å². The average Bonchev–Trinajstić information content (AvgIpc) is 3.04. The molecule has 120 valence electrons. The van der Waals surface area contributed by atoms with Crippen LogP contribution < -0.4 is 10.1 Å². The lowest BCUT2D eigenvalue weighted by Gasteiger charge is -2.22. The second-order valence-corrected chi connectivity index (χ2v) is 6.74. The molecule has 0 radical (unpaired) electrons. The molecule has 24 heavy (non-hydrogen) atoms. The van der Waals surface area contributed by atoms with Crippen molar-refractivity contribution < 1.29 is 9.53 Å². The number of nitrogens with zero attached hydrogens (tertiary/aromatic N) is 1. The van der Waals surface area contributed by atoms with Crippen molar-refractivity contribution in [3.05, 3.63) is 70.2 Å². The van der Waals surface area contributed by atoms with Crippen molar-refractivity contribution in [1.29, 1.82) is 0 Å². The van der Waals surface area contributed by atoms with E-state index in [1.165, 1.54) is 11.3 Å². The van der Waals surface area contributed by atoms with Gasteiger partial charge in [0.1, 0.15) is 5.92 Å². The van der Waals surface area contributed by atoms with Crippen LogP contribution in [0, 0.1) is 0 Å². The van der Waals surface area contributed by atoms with Gasteiger partial charge in [-0.15, -0.1) is 11.3 Å². The summed E-state index contributed by atoms with van der Waals surface area (Å²) in [6, 6.07) is 15.3. The Hall–Kier alpha value is -2.37. The van der Waals surface area contributed by atoms with Crippen LogP contribution in [0.2, 0.25) is 5.02 Å². The Morgan fingerprint density at radius 3 is 2.83 bits per heavy atom. The molecule has 4 nitrogen and oxygen atoms in total. The van der Waals surface area contributed by atoms with Gasteiger partial charge in [-0.3, -0.25) is 4.79 Å². The van der Waals surface area contributed by atoms with E-state index in [9.17, 15) is 4.79 Å². The van der Waals surface area contributed by atoms with Crippen LogP contribution in [0.5, 0.6) is 5.75 Å². The van der Waals surface area contributed by atoms with Gasteiger partial charge in [0.25, 0.3) is 0 Å². The van der Waals surface area contributed by atoms with Crippen molar-refractivity contribution in [3.63, 3.8) is 0 Å². The Balaban J connectivity index is 1.57. The van der Waals surface area contributed by atoms with Crippen LogP contribution in [0.3, 0.4) is 0 Å². The van der Waals surface area contributed by atoms with E-state index in [4.69, 9.17) is 16.3 Å². The minimum Gasteiger partial charge on any atom is -0.424 e. The third-order valence-corrected chi connectivity index (χ3v) is 4.94. The summed E-state index contributed by atoms with van der Waals surface area (Å²) in [5, 5.41) is 6.35. The van der Waals surface area contributed by atoms with Gasteiger partial charge in [0.2, 0.25) is 0 Å². The number of carbonyl (C=O) groups excluding carboxylic acids is 1. The molecular formula is C18H13ClN2O2S. The maximum Gasteiger partial charge on any atom is 0.320 e. The molecule has 0 amide bonds. The highest BCUT2D eigenvalue weighted by atomic mass is 35.5. The third kappa shape index (κ3) is 2.88. The van der Waals surface area contributed by atoms with Crippen molar-refractivity contribution in [2.24, 2.45) is 0 Å². The molecule has 0 saturated carbocycles. The summed E-state index contributed by atoms with van der Waals surface area (Å²) < 4.78 is 5.43. The number of halogens is 1. The van der Waals surface area contributed by atoms with Gasteiger partial charge in [0, 0.05) is 11.1 Å². The molecule has 0 fully saturated rings. The number of benzene rings is 2. The fourth-order valence-corrected chi connectivity index (χ4v) is 3.69. The van der Waals surface area contributed by atoms with Gasteiger partial charge in [-0.1, -0.05) is 41.9 Å². The second kappa shape index (κ2) is 6.26. The molecule has 4 rings (SSSR count). The zero-order chi connectivity index (χ0) is 16.5. The van der Waals surface area contributed by atoms with E-state index in [2.05, 4.69) is 10.3 Å². The number of anilines is 2. The molecule has 1 atom stereocenters. The lowest BCUT2D eigenvalue weighted by molar-refractivity contribution is -0.137. The van der Waals surface area contributed by atoms with E-state index in [1.807, 2.05) is 47.8 Å². The topological polar surface area (TPSA) is 51.2 Å². The van der Waals surface area contributed by atoms with Crippen molar-refractivity contribution in [2.45, 2.75) is 12.3 Å². The molecule has 1 N–H and O–H groups in total. The van der Waals surface area contributed by atoms with Crippen LogP contribution in [-0.2, 0) is 11.2 Å². The third-order valence-electron chi connectivity index (χ3n) is 3.86. The van der Waals surface area contributed by atoms with Gasteiger partial charge in [-0.25, -0.2) is 4.98 Å². The number of nitrogens with one attached hydrogen (secondary N) is 1. The van der Waals surface area contributed by atoms with Crippen LogP contribution in [0.4, 0.5) is 10.8 Å². The number of carbonyl (C=O) groups is 1. The van der Waals surface area contributed by atoms with Crippen molar-refractivity contribution in [3.8, 4) is 5.75 Å². The molecule has 1 unspecified atom stereocenters. The Kier molecular flexibility index (Phi) is 3.96. The van der Waals surface area contributed by atoms with Crippen LogP contribution in [0.25, 0.3) is 0 Å². The predicted octanol–water partition coefficient (Wildman–Crippen LogP) is 4.79. The zero-order valence-corrected chi connectivity index (χ0v) is 14.1. The zero-order valence-electron chi connectivity index (χ0n) is 12.5. The highest BCUT2D eigenvalue weighted by Gasteiger charge is 2.32. The molecule has 6 heteroatoms. The Morgan fingerprint density at radius 1 is 1.17 bits per heavy atom. The fourth-order valence-electron chi connectivity index (χ4n) is 2.68. The van der Waals surface area contributed by atoms with E-state index < -0.39 is 5.92 Å². The second-order valence-electron chi connectivity index (χ2n) is 5.47. The van der Waals surface area contributed by atoms with Crippen molar-refractivity contribution in [2.75, 3.05) is 5.32 Å². The first-order valence-corrected chi connectivity index (χ1v) is 8.73. The number of fused-ring (bicyclic) bond motifs is 1. The molecule has 0 bridgehead atoms. The van der Waals surface area contributed by atoms with E-state index in [0.29, 0.717) is 22.9 Å². The predicted molar refractivity (Wildman–Crippen MR) is 95.4 cm³/mol. The molecule has 0 aliphatic carbocycles. The maximum atomic E-state index is 12.3. The minimum atomic E-state index is -0.404. The SMILES string of the molecule is O=C1Oc2c(Cl)cccc2CC1c1csc(Nc2ccccc2)n1. The van der Waals surface area contributed by atoms with E-state index in [1.54, 1.807) is 6.07 Å². The largest absolute Gasteiger partial charge is 0.424 e. The van der Waals surface area contributed by atoms with Gasteiger partial charge in [-0.2, -0.15) is 0 Å². The number of para-hydroxylation sites is 2. The van der Waals surface area contributed by atoms with E-state index in [-0.39, 0.29) is 5.97 Å². The van der Waals surface area contributed by atoms with Crippen molar-refractivity contribution in [1.82, 2.24) is 4.98 Å². The average molecular weight is 357 g/mol. The summed E-state index contributed by atoms with van der Waals surface area (Å²) in [5.41, 5.74) is 2.61. The maximum absolute atomic E-state index is 12.3. The Bertz CT molecular complexity index is 895. The van der Waals surface area contributed by atoms with Crippen LogP contribution in [0.15, 0.2) is 53.9 Å². The first-order chi connectivity index (χ1) is 11.7. The minimum absolute atomic E-state index is 0.313. The number of hydrogen-bond donors (Lipinski definition) is 1. The lowest BCUT2D eigenvalue weighted by Crippen LogP contribution is -2.26. The highest BCUT2D eigenvalue weighted by molar-refractivity contribution is 7.13. The van der Waals surface area contributed by atoms with E-state index >= 15 is 0 Å². The number of rotatable bonds is 3. The number of hydrogen-bond acceptors (Lipinski definition) is 5. The van der Waals surface area contributed by atoms with Crippen LogP contribution in [-0.4, -0.2) is 11.0 Å². The molecule has 1 aliphatic heterocycles. The monoisotopic (exact) mass is 356 g/mol. The molecule has 0 spiro atoms. The van der Waals surface area contributed by atoms with Crippen molar-refractivity contribution >= 4 is 39.7 Å². The number of ether oxygens (including phenoxy) is 1. The summed E-state index contributed by atoms with van der Waals surface area (Å²) in [4.78, 5) is 16.9. The molecule has 3 aromatic rings. The molecule has 1 aromatic heterocycles. The summed E-state index contributed by atoms with van der Waals surface area (Å²) >= 11 is 7.56. The number of aromatic nitrogens is 1. The first kappa shape index (κ1) is 15.2. The normalized spacial score (nSPS) is 16.4. The van der Waals surface area contributed by atoms with Gasteiger partial charge < -0.3 is 10.1 Å². The molecule has 0 saturated heterocycles. The van der Waals surface area contributed by atoms with Gasteiger partial charge >= 0.3 is 5.97 Å². The standard InChI is InChI=1S/C18H13ClN2O2S/c19-14-8-4-5-11-9-13(17(22)23-16(11)14)15-10-24-18(21-15)20-12-6-2-1-3-7-12/h1-8,10,13H,9H2,(H,20,21). The smallest absolute Gasteiger partial charge is 0.320 e. The lowest BCUT2D eigenvalue weighted by atomic mass is 9.94. The summed E-state index contributed by atoms with van der Waals surface area (Å²) in [7, 11) is 0. The Morgan fingerprint density at radius 2 is 2.00 bits per heavy atom. The molecule has 2 heterocycles. The molecular weight excluding hydrogens is 344 g/mol. The number of esters is 1. The van der Waals surface area contributed by atoms with Gasteiger partial charge in [0.05, 0.1) is 10.7 Å². The summed E-state index contributed by atoms with van der Waals surface area (Å²) in [6.07, 6.45) is 0.545. The fraction of sp³-hybridized carbons (Fsp3) is 0.111. The number of thiazole rings is 1. The summed E-state index contributed by atoms with van der Waals surface area (Å²) in [6.45, 7) is 0. The van der Waals surface area contributed by atoms with Gasteiger partial charge in [-0.05, 0) is 30.2 Å². The van der Waals surface area contributed by atoms with E-state index in [0.717, 1.165) is 16.4 Å². The summed E-state index contributed by atoms with van der Waals surface area (Å²) in [5.74, 6) is -0.246. The molecule has 2 aromatic carbocycles. The van der Waals surface area contributed by atoms with Crippen LogP contribution in [0.1, 0.15) is 17.2 Å². The Labute approximate surface area is 148 Å². The highest BCUT2D eigenvalue weighted by Crippen LogP contribution is 2.38. The first-order valence-electron chi connectivity index (χ1n) is 7.47. The quantitative estimate of drug-likeness (QED) is 0.541.